The molecule has 0 fully saturated rings. The van der Waals surface area contributed by atoms with E-state index in [1.54, 1.807) is 60.5 Å². The number of benzene rings is 1. The monoisotopic (exact) mass is 632 g/mol. The Morgan fingerprint density at radius 3 is 2.73 bits per heavy atom. The molecule has 1 amide bonds. The van der Waals surface area contributed by atoms with Crippen LogP contribution in [0.25, 0.3) is 22.6 Å². The van der Waals surface area contributed by atoms with Crippen LogP contribution in [-0.4, -0.2) is 32.7 Å². The topological polar surface area (TPSA) is 132 Å². The molecule has 2 bridgehead atoms. The smallest absolute Gasteiger partial charge is 0.333 e. The van der Waals surface area contributed by atoms with Gasteiger partial charge in [-0.25, -0.2) is 4.68 Å². The molecule has 45 heavy (non-hydrogen) atoms. The van der Waals surface area contributed by atoms with E-state index in [-0.39, 0.29) is 28.5 Å². The highest BCUT2D eigenvalue weighted by molar-refractivity contribution is 6.31. The van der Waals surface area contributed by atoms with Crippen LogP contribution in [0.2, 0.25) is 5.02 Å². The van der Waals surface area contributed by atoms with Gasteiger partial charge in [0, 0.05) is 58.6 Å². The van der Waals surface area contributed by atoms with Crippen LogP contribution in [0.1, 0.15) is 49.9 Å². The number of aromatic nitrogens is 3. The van der Waals surface area contributed by atoms with Crippen molar-refractivity contribution in [2.75, 3.05) is 17.4 Å². The van der Waals surface area contributed by atoms with Crippen molar-refractivity contribution in [3.63, 3.8) is 0 Å². The quantitative estimate of drug-likeness (QED) is 0.276. The summed E-state index contributed by atoms with van der Waals surface area (Å²) in [5.74, 6) is -1.04. The third kappa shape index (κ3) is 5.77. The summed E-state index contributed by atoms with van der Waals surface area (Å²) >= 11 is 6.33. The number of carbonyl (C=O) groups excluding carboxylic acids is 1. The van der Waals surface area contributed by atoms with E-state index in [0.29, 0.717) is 62.7 Å². The normalized spacial score (nSPS) is 18.5. The van der Waals surface area contributed by atoms with Crippen LogP contribution in [0.3, 0.4) is 0 Å². The lowest BCUT2D eigenvalue weighted by molar-refractivity contribution is -0.119. The number of amides is 1. The maximum Gasteiger partial charge on any atom is 0.333 e. The summed E-state index contributed by atoms with van der Waals surface area (Å²) in [4.78, 5) is 31.2. The predicted molar refractivity (Wildman–Crippen MR) is 163 cm³/mol. The number of hydrogen-bond donors (Lipinski definition) is 2. The van der Waals surface area contributed by atoms with Gasteiger partial charge in [0.15, 0.2) is 5.43 Å². The van der Waals surface area contributed by atoms with Gasteiger partial charge >= 0.3 is 6.55 Å². The van der Waals surface area contributed by atoms with Gasteiger partial charge in [0.25, 0.3) is 0 Å². The van der Waals surface area contributed by atoms with Crippen molar-refractivity contribution < 1.29 is 18.0 Å². The van der Waals surface area contributed by atoms with E-state index in [1.165, 1.54) is 24.7 Å². The molecule has 3 aromatic heterocycles. The van der Waals surface area contributed by atoms with E-state index in [4.69, 9.17) is 16.0 Å². The van der Waals surface area contributed by atoms with Crippen molar-refractivity contribution in [2.45, 2.75) is 38.7 Å². The van der Waals surface area contributed by atoms with Gasteiger partial charge in [0.2, 0.25) is 5.91 Å². The molecule has 11 nitrogen and oxygen atoms in total. The van der Waals surface area contributed by atoms with Crippen LogP contribution in [0.4, 0.5) is 20.2 Å². The predicted octanol–water partition coefficient (Wildman–Crippen LogP) is 6.04. The fourth-order valence-corrected chi connectivity index (χ4v) is 5.74. The number of fused-ring (bicyclic) bond motifs is 4. The molecule has 4 aromatic rings. The second-order valence-electron chi connectivity index (χ2n) is 10.9. The first kappa shape index (κ1) is 30.0. The van der Waals surface area contributed by atoms with Crippen LogP contribution in [-0.2, 0) is 4.79 Å². The van der Waals surface area contributed by atoms with Crippen molar-refractivity contribution in [1.82, 2.24) is 25.3 Å². The molecular weight excluding hydrogens is 606 g/mol. The van der Waals surface area contributed by atoms with Crippen LogP contribution < -0.4 is 21.3 Å². The zero-order chi connectivity index (χ0) is 31.8. The van der Waals surface area contributed by atoms with Crippen molar-refractivity contribution in [3.05, 3.63) is 93.5 Å². The minimum atomic E-state index is -2.95. The average molecular weight is 633 g/mol. The molecule has 0 spiro atoms. The molecule has 6 rings (SSSR count). The number of halogens is 3. The number of hydrogen-bond acceptors (Lipinski definition) is 9. The summed E-state index contributed by atoms with van der Waals surface area (Å²) in [5.41, 5.74) is 5.57. The van der Waals surface area contributed by atoms with Crippen molar-refractivity contribution in [3.8, 4) is 28.7 Å². The first-order chi connectivity index (χ1) is 21.6. The third-order valence-corrected chi connectivity index (χ3v) is 8.17. The lowest BCUT2D eigenvalue weighted by atomic mass is 9.88. The molecule has 2 aliphatic rings. The third-order valence-electron chi connectivity index (χ3n) is 7.93. The van der Waals surface area contributed by atoms with Gasteiger partial charge in [0.1, 0.15) is 17.5 Å². The standard InChI is InChI=1S/C31H27ClF2N8O3/c1-17-4-3-5-21(24-10-18(8-9-36-24)29-25(38-30(17)44)14-37-42(29)31(33)34)23-16-45-28(12-27(23)43)22-11-19(32)6-7-26(22)41-15-20(13-35)40(2)39-41/h6-12,14-17,21,31,39H,3-5H2,1-2H3,(H,38,44)/t17-,21+/m1/s1. The van der Waals surface area contributed by atoms with Crippen molar-refractivity contribution in [1.29, 1.82) is 5.26 Å². The zero-order valence-corrected chi connectivity index (χ0v) is 24.9. The van der Waals surface area contributed by atoms with Crippen LogP contribution in [0.15, 0.2) is 76.2 Å². The van der Waals surface area contributed by atoms with E-state index >= 15 is 0 Å². The molecular formula is C31H27ClF2N8O3. The van der Waals surface area contributed by atoms with Crippen LogP contribution >= 0.6 is 11.6 Å². The highest BCUT2D eigenvalue weighted by atomic mass is 35.5. The Kier molecular flexibility index (Phi) is 8.09. The number of nitrogens with one attached hydrogen (secondary N) is 2. The highest BCUT2D eigenvalue weighted by Crippen LogP contribution is 2.38. The van der Waals surface area contributed by atoms with Gasteiger partial charge in [-0.1, -0.05) is 24.9 Å². The van der Waals surface area contributed by atoms with Crippen LogP contribution in [0, 0.1) is 17.2 Å². The lowest BCUT2D eigenvalue weighted by Gasteiger charge is -2.22. The van der Waals surface area contributed by atoms with Gasteiger partial charge in [-0.2, -0.15) is 19.1 Å². The molecule has 0 unspecified atom stereocenters. The van der Waals surface area contributed by atoms with Gasteiger partial charge in [-0.05, 0) is 43.2 Å². The highest BCUT2D eigenvalue weighted by Gasteiger charge is 2.28. The van der Waals surface area contributed by atoms with E-state index in [9.17, 15) is 23.6 Å². The molecule has 2 atom stereocenters. The number of hydrazine groups is 2. The molecule has 5 heterocycles. The van der Waals surface area contributed by atoms with Gasteiger partial charge < -0.3 is 9.73 Å². The largest absolute Gasteiger partial charge is 0.464 e. The number of nitrogens with zero attached hydrogens (tertiary/aromatic N) is 6. The molecule has 0 saturated carbocycles. The summed E-state index contributed by atoms with van der Waals surface area (Å²) < 4.78 is 34.5. The minimum absolute atomic E-state index is 0.0409. The van der Waals surface area contributed by atoms with Crippen molar-refractivity contribution in [2.24, 2.45) is 5.92 Å². The molecule has 1 aromatic carbocycles. The first-order valence-electron chi connectivity index (χ1n) is 14.1. The van der Waals surface area contributed by atoms with E-state index in [1.807, 2.05) is 0 Å². The second kappa shape index (κ2) is 12.1. The molecule has 0 aliphatic carbocycles. The SMILES string of the molecule is C[C@@H]1CCC[C@@H](c2coc(-c3cc(Cl)ccc3N3C=C(C#N)N(C)N3)cc2=O)c2cc(ccn2)-c2c(cnn2C(F)F)NC1=O. The number of allylic oxidation sites excluding steroid dienone is 1. The fraction of sp³-hybridized carbons (Fsp3) is 0.258. The molecule has 14 heteroatoms. The summed E-state index contributed by atoms with van der Waals surface area (Å²) in [6, 6.07) is 11.7. The van der Waals surface area contributed by atoms with Gasteiger partial charge in [-0.3, -0.25) is 24.6 Å². The summed E-state index contributed by atoms with van der Waals surface area (Å²) in [5, 5.41) is 19.5. The number of pyridine rings is 1. The lowest BCUT2D eigenvalue weighted by Crippen LogP contribution is -2.38. The molecule has 230 valence electrons. The zero-order valence-electron chi connectivity index (χ0n) is 24.2. The van der Waals surface area contributed by atoms with Gasteiger partial charge in [-0.15, -0.1) is 5.53 Å². The van der Waals surface area contributed by atoms with E-state index in [0.717, 1.165) is 0 Å². The van der Waals surface area contributed by atoms with Crippen LogP contribution in [0.5, 0.6) is 0 Å². The summed E-state index contributed by atoms with van der Waals surface area (Å²) in [7, 11) is 1.70. The van der Waals surface area contributed by atoms with E-state index in [2.05, 4.69) is 27.0 Å². The average Bonchev–Trinajstić information content (AvgIpc) is 3.62. The Morgan fingerprint density at radius 2 is 2.00 bits per heavy atom. The molecule has 0 saturated heterocycles. The number of nitriles is 1. The Morgan fingerprint density at radius 1 is 1.18 bits per heavy atom. The second-order valence-corrected chi connectivity index (χ2v) is 11.3. The number of alkyl halides is 2. The summed E-state index contributed by atoms with van der Waals surface area (Å²) in [6.45, 7) is -1.18. The Bertz CT molecular complexity index is 1920. The minimum Gasteiger partial charge on any atom is -0.464 e. The molecule has 0 radical (unpaired) electrons. The summed E-state index contributed by atoms with van der Waals surface area (Å²) in [6.07, 6.45) is 7.21. The molecule has 2 aliphatic heterocycles. The van der Waals surface area contributed by atoms with Gasteiger partial charge in [0.05, 0.1) is 35.7 Å². The Labute approximate surface area is 261 Å². The number of rotatable bonds is 4. The maximum absolute atomic E-state index is 13.9. The molecule has 2 N–H and O–H groups in total. The van der Waals surface area contributed by atoms with Crippen molar-refractivity contribution >= 4 is 28.9 Å². The Balaban J connectivity index is 1.43. The Hall–Kier alpha value is -5.06. The fourth-order valence-electron chi connectivity index (χ4n) is 5.57. The van der Waals surface area contributed by atoms with E-state index < -0.39 is 18.4 Å². The number of anilines is 2. The first-order valence-corrected chi connectivity index (χ1v) is 14.5. The maximum atomic E-state index is 13.9. The number of carbonyl (C=O) groups is 1.